The monoisotopic (exact) mass is 399 g/mol. The van der Waals surface area contributed by atoms with Gasteiger partial charge in [0, 0.05) is 18.5 Å². The van der Waals surface area contributed by atoms with E-state index in [0.29, 0.717) is 18.2 Å². The summed E-state index contributed by atoms with van der Waals surface area (Å²) in [7, 11) is 0. The molecule has 0 spiro atoms. The minimum Gasteiger partial charge on any atom is -0.302 e. The van der Waals surface area contributed by atoms with Crippen LogP contribution >= 0.6 is 11.3 Å². The molecular formula is C20H25N5O2S. The maximum Gasteiger partial charge on any atom is 0.247 e. The van der Waals surface area contributed by atoms with Gasteiger partial charge in [-0.05, 0) is 32.0 Å². The van der Waals surface area contributed by atoms with Gasteiger partial charge in [0.2, 0.25) is 11.8 Å². The van der Waals surface area contributed by atoms with Gasteiger partial charge in [0.05, 0.1) is 29.3 Å². The number of hydrogen-bond donors (Lipinski definition) is 2. The highest BCUT2D eigenvalue weighted by molar-refractivity contribution is 7.13. The van der Waals surface area contributed by atoms with Crippen LogP contribution in [0.25, 0.3) is 0 Å². The van der Waals surface area contributed by atoms with Gasteiger partial charge in [0.15, 0.2) is 5.13 Å². The summed E-state index contributed by atoms with van der Waals surface area (Å²) in [6, 6.07) is 9.32. The topological polar surface area (TPSA) is 77.6 Å². The predicted octanol–water partition coefficient (Wildman–Crippen LogP) is 2.27. The van der Waals surface area contributed by atoms with Crippen molar-refractivity contribution >= 4 is 34.0 Å². The number of carbonyl (C=O) groups excluding carboxylic acids is 2. The third kappa shape index (κ3) is 3.67. The Kier molecular flexibility index (Phi) is 5.43. The molecular weight excluding hydrogens is 374 g/mol. The van der Waals surface area contributed by atoms with Crippen molar-refractivity contribution in [1.82, 2.24) is 15.3 Å². The molecule has 0 radical (unpaired) electrons. The van der Waals surface area contributed by atoms with E-state index in [2.05, 4.69) is 27.6 Å². The third-order valence-corrected chi connectivity index (χ3v) is 6.21. The number of hydrazine groups is 1. The first-order valence-electron chi connectivity index (χ1n) is 9.67. The van der Waals surface area contributed by atoms with E-state index in [1.807, 2.05) is 42.6 Å². The first-order chi connectivity index (χ1) is 13.6. The normalized spacial score (nSPS) is 25.0. The van der Waals surface area contributed by atoms with E-state index in [1.54, 1.807) is 5.01 Å². The van der Waals surface area contributed by atoms with Crippen LogP contribution < -0.4 is 15.8 Å². The van der Waals surface area contributed by atoms with E-state index in [-0.39, 0.29) is 29.7 Å². The fourth-order valence-electron chi connectivity index (χ4n) is 4.06. The van der Waals surface area contributed by atoms with Crippen LogP contribution in [0.1, 0.15) is 19.0 Å². The maximum atomic E-state index is 13.1. The molecule has 2 aliphatic heterocycles. The molecule has 3 atom stereocenters. The molecule has 3 unspecified atom stereocenters. The molecule has 0 bridgehead atoms. The molecule has 2 fully saturated rings. The number of thiazole rings is 1. The van der Waals surface area contributed by atoms with Crippen LogP contribution in [0.3, 0.4) is 0 Å². The van der Waals surface area contributed by atoms with Crippen molar-refractivity contribution in [2.75, 3.05) is 30.0 Å². The molecule has 1 aromatic heterocycles. The number of nitrogens with zero attached hydrogens (tertiary/aromatic N) is 3. The highest BCUT2D eigenvalue weighted by atomic mass is 32.1. The lowest BCUT2D eigenvalue weighted by Gasteiger charge is -2.38. The molecule has 0 aliphatic carbocycles. The van der Waals surface area contributed by atoms with E-state index >= 15 is 0 Å². The summed E-state index contributed by atoms with van der Waals surface area (Å²) in [6.45, 7) is 6.20. The average Bonchev–Trinajstić information content (AvgIpc) is 3.25. The van der Waals surface area contributed by atoms with E-state index in [0.717, 1.165) is 24.3 Å². The van der Waals surface area contributed by atoms with Crippen LogP contribution in [-0.2, 0) is 9.59 Å². The maximum absolute atomic E-state index is 13.1. The fourth-order valence-corrected chi connectivity index (χ4v) is 4.75. The van der Waals surface area contributed by atoms with Crippen molar-refractivity contribution in [3.63, 3.8) is 0 Å². The Morgan fingerprint density at radius 1 is 1.32 bits per heavy atom. The number of fused-ring (bicyclic) bond motifs is 1. The molecule has 2 saturated heterocycles. The molecule has 28 heavy (non-hydrogen) atoms. The summed E-state index contributed by atoms with van der Waals surface area (Å²) in [4.78, 5) is 32.8. The zero-order valence-corrected chi connectivity index (χ0v) is 16.9. The van der Waals surface area contributed by atoms with Crippen LogP contribution in [0.5, 0.6) is 0 Å². The van der Waals surface area contributed by atoms with Crippen LogP contribution in [0.15, 0.2) is 35.7 Å². The predicted molar refractivity (Wildman–Crippen MR) is 110 cm³/mol. The summed E-state index contributed by atoms with van der Waals surface area (Å²) in [6.07, 6.45) is 0.988. The molecule has 4 rings (SSSR count). The Morgan fingerprint density at radius 2 is 2.11 bits per heavy atom. The summed E-state index contributed by atoms with van der Waals surface area (Å²) >= 11 is 1.42. The summed E-state index contributed by atoms with van der Waals surface area (Å²) in [5, 5.41) is 7.08. The number of anilines is 2. The number of amides is 2. The molecule has 1 aromatic carbocycles. The van der Waals surface area contributed by atoms with Gasteiger partial charge in [-0.3, -0.25) is 9.59 Å². The van der Waals surface area contributed by atoms with Gasteiger partial charge < -0.3 is 10.2 Å². The number of likely N-dealkylation sites (tertiary alicyclic amines) is 1. The second-order valence-corrected chi connectivity index (χ2v) is 8.28. The van der Waals surface area contributed by atoms with Crippen LogP contribution in [-0.4, -0.2) is 47.4 Å². The number of aromatic nitrogens is 1. The Labute approximate surface area is 168 Å². The summed E-state index contributed by atoms with van der Waals surface area (Å²) in [5.41, 5.74) is 5.02. The smallest absolute Gasteiger partial charge is 0.247 e. The summed E-state index contributed by atoms with van der Waals surface area (Å²) < 4.78 is 0. The largest absolute Gasteiger partial charge is 0.302 e. The standard InChI is InChI=1S/C20H25N5O2S/c1-3-9-24-10-15(18(26)22-20-21-13(2)12-28-20)17-16(11-24)19(27)25(23-17)14-7-5-4-6-8-14/h4-8,12,15-17,23H,3,9-11H2,1-2H3,(H,21,22,26). The Morgan fingerprint density at radius 3 is 2.79 bits per heavy atom. The van der Waals surface area contributed by atoms with Crippen molar-refractivity contribution in [3.05, 3.63) is 41.4 Å². The molecule has 2 aromatic rings. The number of para-hydroxylation sites is 1. The number of piperidine rings is 1. The van der Waals surface area contributed by atoms with Crippen molar-refractivity contribution in [1.29, 1.82) is 0 Å². The van der Waals surface area contributed by atoms with Crippen molar-refractivity contribution in [2.24, 2.45) is 11.8 Å². The van der Waals surface area contributed by atoms with Crippen molar-refractivity contribution in [2.45, 2.75) is 26.3 Å². The van der Waals surface area contributed by atoms with Crippen molar-refractivity contribution < 1.29 is 9.59 Å². The van der Waals surface area contributed by atoms with Gasteiger partial charge in [-0.1, -0.05) is 25.1 Å². The quantitative estimate of drug-likeness (QED) is 0.807. The molecule has 2 aliphatic rings. The Bertz CT molecular complexity index is 855. The lowest BCUT2D eigenvalue weighted by molar-refractivity contribution is -0.126. The highest BCUT2D eigenvalue weighted by Gasteiger charge is 2.50. The van der Waals surface area contributed by atoms with Gasteiger partial charge in [-0.2, -0.15) is 0 Å². The average molecular weight is 400 g/mol. The number of rotatable bonds is 5. The van der Waals surface area contributed by atoms with Crippen molar-refractivity contribution in [3.8, 4) is 0 Å². The molecule has 0 saturated carbocycles. The van der Waals surface area contributed by atoms with Crippen LogP contribution in [0.2, 0.25) is 0 Å². The SMILES string of the molecule is CCCN1CC(C(=O)Nc2nc(C)cs2)C2NN(c3ccccc3)C(=O)C2C1. The highest BCUT2D eigenvalue weighted by Crippen LogP contribution is 2.32. The van der Waals surface area contributed by atoms with Crippen LogP contribution in [0.4, 0.5) is 10.8 Å². The minimum absolute atomic E-state index is 0.0277. The number of carbonyl (C=O) groups is 2. The second-order valence-electron chi connectivity index (χ2n) is 7.42. The molecule has 2 amide bonds. The van der Waals surface area contributed by atoms with E-state index < -0.39 is 0 Å². The van der Waals surface area contributed by atoms with Gasteiger partial charge >= 0.3 is 0 Å². The Hall–Kier alpha value is -2.29. The van der Waals surface area contributed by atoms with Gasteiger partial charge in [0.25, 0.3) is 0 Å². The molecule has 148 valence electrons. The van der Waals surface area contributed by atoms with Gasteiger partial charge in [-0.25, -0.2) is 15.4 Å². The number of hydrogen-bond acceptors (Lipinski definition) is 6. The first-order valence-corrected chi connectivity index (χ1v) is 10.6. The fraction of sp³-hybridized carbons (Fsp3) is 0.450. The number of aryl methyl sites for hydroxylation is 1. The zero-order valence-electron chi connectivity index (χ0n) is 16.1. The summed E-state index contributed by atoms with van der Waals surface area (Å²) in [5.74, 6) is -0.623. The van der Waals surface area contributed by atoms with Crippen LogP contribution in [0, 0.1) is 18.8 Å². The van der Waals surface area contributed by atoms with Gasteiger partial charge in [0.1, 0.15) is 0 Å². The minimum atomic E-state index is -0.327. The van der Waals surface area contributed by atoms with E-state index in [1.165, 1.54) is 11.3 Å². The lowest BCUT2D eigenvalue weighted by Crippen LogP contribution is -2.56. The van der Waals surface area contributed by atoms with E-state index in [4.69, 9.17) is 0 Å². The molecule has 7 nitrogen and oxygen atoms in total. The number of nitrogens with one attached hydrogen (secondary N) is 2. The first kappa shape index (κ1) is 19.0. The third-order valence-electron chi connectivity index (χ3n) is 5.33. The molecule has 3 heterocycles. The Balaban J connectivity index is 1.58. The molecule has 2 N–H and O–H groups in total. The zero-order chi connectivity index (χ0) is 19.7. The lowest BCUT2D eigenvalue weighted by atomic mass is 9.84. The molecule has 8 heteroatoms. The second kappa shape index (κ2) is 7.98. The van der Waals surface area contributed by atoms with Gasteiger partial charge in [-0.15, -0.1) is 11.3 Å². The number of benzene rings is 1. The van der Waals surface area contributed by atoms with E-state index in [9.17, 15) is 9.59 Å².